The average molecular weight is 200 g/mol. The molecule has 6 nitrogen and oxygen atoms in total. The van der Waals surface area contributed by atoms with Crippen molar-refractivity contribution in [3.8, 4) is 0 Å². The van der Waals surface area contributed by atoms with Gasteiger partial charge < -0.3 is 20.1 Å². The Kier molecular flexibility index (Phi) is 3.99. The van der Waals surface area contributed by atoms with Crippen molar-refractivity contribution in [2.24, 2.45) is 5.73 Å². The summed E-state index contributed by atoms with van der Waals surface area (Å²) in [5.74, 6) is 0.581. The molecule has 0 unspecified atom stereocenters. The number of methoxy groups -OCH3 is 1. The van der Waals surface area contributed by atoms with E-state index >= 15 is 0 Å². The van der Waals surface area contributed by atoms with Gasteiger partial charge in [0.2, 0.25) is 0 Å². The van der Waals surface area contributed by atoms with Crippen LogP contribution in [0.4, 0.5) is 0 Å². The molecule has 0 aliphatic rings. The SMILES string of the molecule is COCCn1cnnc1[C@@H](N)[C@@H](C)O. The molecule has 1 heterocycles. The van der Waals surface area contributed by atoms with Crippen LogP contribution in [0.25, 0.3) is 0 Å². The molecular weight excluding hydrogens is 184 g/mol. The van der Waals surface area contributed by atoms with Crippen LogP contribution in [0.5, 0.6) is 0 Å². The number of aliphatic hydroxyl groups excluding tert-OH is 1. The van der Waals surface area contributed by atoms with Crippen molar-refractivity contribution in [3.63, 3.8) is 0 Å². The van der Waals surface area contributed by atoms with E-state index in [0.717, 1.165) is 0 Å². The van der Waals surface area contributed by atoms with Crippen molar-refractivity contribution in [2.75, 3.05) is 13.7 Å². The first-order chi connectivity index (χ1) is 6.66. The largest absolute Gasteiger partial charge is 0.391 e. The second-order valence-corrected chi connectivity index (χ2v) is 3.14. The van der Waals surface area contributed by atoms with Crippen molar-refractivity contribution >= 4 is 0 Å². The predicted octanol–water partition coefficient (Wildman–Crippen LogP) is -0.695. The van der Waals surface area contributed by atoms with Gasteiger partial charge in [-0.05, 0) is 6.92 Å². The highest BCUT2D eigenvalue weighted by atomic mass is 16.5. The lowest BCUT2D eigenvalue weighted by molar-refractivity contribution is 0.154. The van der Waals surface area contributed by atoms with E-state index in [-0.39, 0.29) is 0 Å². The van der Waals surface area contributed by atoms with Gasteiger partial charge in [0.15, 0.2) is 5.82 Å². The van der Waals surface area contributed by atoms with Crippen LogP contribution in [0.2, 0.25) is 0 Å². The van der Waals surface area contributed by atoms with Gasteiger partial charge in [-0.2, -0.15) is 0 Å². The number of nitrogens with zero attached hydrogens (tertiary/aromatic N) is 3. The number of nitrogens with two attached hydrogens (primary N) is 1. The van der Waals surface area contributed by atoms with E-state index in [4.69, 9.17) is 10.5 Å². The molecule has 14 heavy (non-hydrogen) atoms. The van der Waals surface area contributed by atoms with Crippen LogP contribution >= 0.6 is 0 Å². The van der Waals surface area contributed by atoms with E-state index in [1.165, 1.54) is 0 Å². The third-order valence-corrected chi connectivity index (χ3v) is 2.00. The van der Waals surface area contributed by atoms with Gasteiger partial charge in [0.25, 0.3) is 0 Å². The van der Waals surface area contributed by atoms with Gasteiger partial charge >= 0.3 is 0 Å². The number of ether oxygens (including phenoxy) is 1. The highest BCUT2D eigenvalue weighted by Gasteiger charge is 2.17. The van der Waals surface area contributed by atoms with Crippen molar-refractivity contribution in [1.82, 2.24) is 14.8 Å². The van der Waals surface area contributed by atoms with Gasteiger partial charge in [-0.25, -0.2) is 0 Å². The Bertz CT molecular complexity index is 274. The van der Waals surface area contributed by atoms with Crippen LogP contribution in [0.15, 0.2) is 6.33 Å². The topological polar surface area (TPSA) is 86.2 Å². The third kappa shape index (κ3) is 2.50. The van der Waals surface area contributed by atoms with E-state index in [1.54, 1.807) is 24.9 Å². The Labute approximate surface area is 82.7 Å². The molecule has 0 fully saturated rings. The van der Waals surface area contributed by atoms with Crippen molar-refractivity contribution in [3.05, 3.63) is 12.2 Å². The van der Waals surface area contributed by atoms with Crippen LogP contribution < -0.4 is 5.73 Å². The molecule has 1 aromatic heterocycles. The molecule has 0 amide bonds. The fourth-order valence-electron chi connectivity index (χ4n) is 1.10. The van der Waals surface area contributed by atoms with Crippen molar-refractivity contribution in [2.45, 2.75) is 25.6 Å². The maximum atomic E-state index is 9.31. The zero-order valence-corrected chi connectivity index (χ0v) is 8.42. The second-order valence-electron chi connectivity index (χ2n) is 3.14. The van der Waals surface area contributed by atoms with E-state index in [9.17, 15) is 5.11 Å². The quantitative estimate of drug-likeness (QED) is 0.656. The predicted molar refractivity (Wildman–Crippen MR) is 50.5 cm³/mol. The summed E-state index contributed by atoms with van der Waals surface area (Å²) < 4.78 is 6.71. The second kappa shape index (κ2) is 5.04. The van der Waals surface area contributed by atoms with E-state index in [0.29, 0.717) is 19.0 Å². The summed E-state index contributed by atoms with van der Waals surface area (Å²) >= 11 is 0. The number of hydrogen-bond acceptors (Lipinski definition) is 5. The first-order valence-electron chi connectivity index (χ1n) is 4.47. The van der Waals surface area contributed by atoms with Gasteiger partial charge in [-0.15, -0.1) is 10.2 Å². The van der Waals surface area contributed by atoms with E-state index in [1.807, 2.05) is 0 Å². The monoisotopic (exact) mass is 200 g/mol. The van der Waals surface area contributed by atoms with Gasteiger partial charge in [-0.3, -0.25) is 0 Å². The molecule has 2 atom stereocenters. The van der Waals surface area contributed by atoms with Crippen LogP contribution in [0.3, 0.4) is 0 Å². The summed E-state index contributed by atoms with van der Waals surface area (Å²) in [7, 11) is 1.62. The first-order valence-corrected chi connectivity index (χ1v) is 4.47. The number of aliphatic hydroxyl groups is 1. The zero-order chi connectivity index (χ0) is 10.6. The van der Waals surface area contributed by atoms with Crippen LogP contribution in [-0.4, -0.2) is 39.7 Å². The smallest absolute Gasteiger partial charge is 0.152 e. The van der Waals surface area contributed by atoms with Crippen LogP contribution in [0.1, 0.15) is 18.8 Å². The van der Waals surface area contributed by atoms with Crippen LogP contribution in [-0.2, 0) is 11.3 Å². The Morgan fingerprint density at radius 2 is 2.43 bits per heavy atom. The molecule has 0 spiro atoms. The Balaban J connectivity index is 2.71. The molecule has 0 saturated heterocycles. The molecule has 80 valence electrons. The fraction of sp³-hybridized carbons (Fsp3) is 0.750. The summed E-state index contributed by atoms with van der Waals surface area (Å²) in [6.07, 6.45) is 0.942. The molecule has 0 aromatic carbocycles. The Morgan fingerprint density at radius 1 is 1.71 bits per heavy atom. The molecule has 0 saturated carbocycles. The van der Waals surface area contributed by atoms with E-state index in [2.05, 4.69) is 10.2 Å². The number of aromatic nitrogens is 3. The molecule has 1 aromatic rings. The molecule has 3 N–H and O–H groups in total. The molecule has 0 radical (unpaired) electrons. The molecule has 6 heteroatoms. The lowest BCUT2D eigenvalue weighted by atomic mass is 10.2. The molecule has 0 bridgehead atoms. The zero-order valence-electron chi connectivity index (χ0n) is 8.42. The highest BCUT2D eigenvalue weighted by molar-refractivity contribution is 4.95. The lowest BCUT2D eigenvalue weighted by Crippen LogP contribution is -2.27. The Morgan fingerprint density at radius 3 is 3.00 bits per heavy atom. The number of rotatable bonds is 5. The van der Waals surface area contributed by atoms with Gasteiger partial charge in [-0.1, -0.05) is 0 Å². The minimum Gasteiger partial charge on any atom is -0.391 e. The summed E-state index contributed by atoms with van der Waals surface area (Å²) in [5.41, 5.74) is 5.74. The minimum atomic E-state index is -0.638. The summed E-state index contributed by atoms with van der Waals surface area (Å²) in [6.45, 7) is 2.83. The molecule has 0 aliphatic heterocycles. The van der Waals surface area contributed by atoms with Crippen molar-refractivity contribution in [1.29, 1.82) is 0 Å². The van der Waals surface area contributed by atoms with Crippen LogP contribution in [0, 0.1) is 0 Å². The van der Waals surface area contributed by atoms with E-state index < -0.39 is 12.1 Å². The third-order valence-electron chi connectivity index (χ3n) is 2.00. The van der Waals surface area contributed by atoms with Gasteiger partial charge in [0.05, 0.1) is 18.8 Å². The fourth-order valence-corrected chi connectivity index (χ4v) is 1.10. The lowest BCUT2D eigenvalue weighted by Gasteiger charge is -2.14. The highest BCUT2D eigenvalue weighted by Crippen LogP contribution is 2.10. The normalized spacial score (nSPS) is 15.4. The first kappa shape index (κ1) is 11.1. The van der Waals surface area contributed by atoms with Gasteiger partial charge in [0, 0.05) is 13.7 Å². The average Bonchev–Trinajstić information content (AvgIpc) is 2.61. The minimum absolute atomic E-state index is 0.505. The van der Waals surface area contributed by atoms with Crippen molar-refractivity contribution < 1.29 is 9.84 Å². The maximum absolute atomic E-state index is 9.31. The summed E-state index contributed by atoms with van der Waals surface area (Å²) in [4.78, 5) is 0. The number of hydrogen-bond donors (Lipinski definition) is 2. The standard InChI is InChI=1S/C8H16N4O2/c1-6(13)7(9)8-11-10-5-12(8)3-4-14-2/h5-7,13H,3-4,9H2,1-2H3/t6-,7+/m1/s1. The summed E-state index contributed by atoms with van der Waals surface area (Å²) in [5, 5.41) is 16.9. The maximum Gasteiger partial charge on any atom is 0.152 e. The summed E-state index contributed by atoms with van der Waals surface area (Å²) in [6, 6.07) is -0.505. The molecule has 0 aliphatic carbocycles. The van der Waals surface area contributed by atoms with Gasteiger partial charge in [0.1, 0.15) is 6.33 Å². The molecule has 1 rings (SSSR count). The Hall–Kier alpha value is -0.980. The molecular formula is C8H16N4O2.